The van der Waals surface area contributed by atoms with Crippen molar-refractivity contribution in [2.24, 2.45) is 0 Å². The second-order valence-electron chi connectivity index (χ2n) is 2.99. The van der Waals surface area contributed by atoms with E-state index >= 15 is 0 Å². The van der Waals surface area contributed by atoms with Crippen LogP contribution in [0.3, 0.4) is 0 Å². The number of rotatable bonds is 2. The molecule has 1 atom stereocenters. The summed E-state index contributed by atoms with van der Waals surface area (Å²) in [5, 5.41) is 3.22. The van der Waals surface area contributed by atoms with E-state index in [4.69, 9.17) is 18.0 Å². The molecule has 1 aromatic carbocycles. The van der Waals surface area contributed by atoms with Crippen molar-refractivity contribution in [1.29, 1.82) is 0 Å². The Bertz CT molecular complexity index is 425. The Balaban J connectivity index is 2.84. The Morgan fingerprint density at radius 3 is 2.87 bits per heavy atom. The van der Waals surface area contributed by atoms with Gasteiger partial charge in [-0.05, 0) is 47.7 Å². The molecule has 0 fully saturated rings. The lowest BCUT2D eigenvalue weighted by molar-refractivity contribution is 0.0948. The van der Waals surface area contributed by atoms with E-state index in [0.29, 0.717) is 10.6 Å². The topological polar surface area (TPSA) is 29.1 Å². The molecule has 1 rings (SSSR count). The fourth-order valence-corrected chi connectivity index (χ4v) is 1.48. The van der Waals surface area contributed by atoms with Gasteiger partial charge in [0.2, 0.25) is 0 Å². The molecule has 0 spiro atoms. The molecule has 1 aromatic rings. The van der Waals surface area contributed by atoms with Gasteiger partial charge in [-0.15, -0.1) is 6.42 Å². The zero-order valence-corrected chi connectivity index (χ0v) is 11.0. The molecule has 15 heavy (non-hydrogen) atoms. The first kappa shape index (κ1) is 12.3. The minimum absolute atomic E-state index is 0.209. The lowest BCUT2D eigenvalue weighted by Crippen LogP contribution is -2.31. The summed E-state index contributed by atoms with van der Waals surface area (Å²) < 4.78 is 0.913. The summed E-state index contributed by atoms with van der Waals surface area (Å²) in [5.74, 6) is 2.22. The van der Waals surface area contributed by atoms with Crippen LogP contribution < -0.4 is 5.32 Å². The highest BCUT2D eigenvalue weighted by Gasteiger charge is 2.09. The summed E-state index contributed by atoms with van der Waals surface area (Å²) in [4.78, 5) is 11.6. The normalized spacial score (nSPS) is 11.6. The van der Waals surface area contributed by atoms with Crippen LogP contribution in [0.4, 0.5) is 0 Å². The summed E-state index contributed by atoms with van der Waals surface area (Å²) in [6.45, 7) is 1.74. The Hall–Kier alpha value is -0.730. The van der Waals surface area contributed by atoms with Gasteiger partial charge in [0.15, 0.2) is 0 Å². The number of carbonyl (C=O) groups is 1. The standard InChI is InChI=1S/C11H9ClINO/c1-3-7(2)14-11(15)8-4-5-10(13)9(12)6-8/h1,4-7H,2H3,(H,14,15). The van der Waals surface area contributed by atoms with Crippen molar-refractivity contribution in [3.63, 3.8) is 0 Å². The molecule has 0 bridgehead atoms. The predicted octanol–water partition coefficient (Wildman–Crippen LogP) is 2.70. The second-order valence-corrected chi connectivity index (χ2v) is 4.56. The van der Waals surface area contributed by atoms with E-state index < -0.39 is 0 Å². The summed E-state index contributed by atoms with van der Waals surface area (Å²) in [5.41, 5.74) is 0.516. The van der Waals surface area contributed by atoms with Gasteiger partial charge in [0, 0.05) is 9.13 Å². The zero-order chi connectivity index (χ0) is 11.4. The fourth-order valence-electron chi connectivity index (χ4n) is 0.959. The number of carbonyl (C=O) groups excluding carboxylic acids is 1. The second kappa shape index (κ2) is 5.38. The van der Waals surface area contributed by atoms with E-state index in [9.17, 15) is 4.79 Å². The Morgan fingerprint density at radius 2 is 2.33 bits per heavy atom. The fraction of sp³-hybridized carbons (Fsp3) is 0.182. The number of nitrogens with one attached hydrogen (secondary N) is 1. The molecule has 78 valence electrons. The van der Waals surface area contributed by atoms with Crippen LogP contribution in [0.15, 0.2) is 18.2 Å². The van der Waals surface area contributed by atoms with Crippen LogP contribution in [0.25, 0.3) is 0 Å². The maximum absolute atomic E-state index is 11.6. The number of amides is 1. The molecule has 0 aliphatic heterocycles. The lowest BCUT2D eigenvalue weighted by Gasteiger charge is -2.08. The Morgan fingerprint density at radius 1 is 1.67 bits per heavy atom. The van der Waals surface area contributed by atoms with Crippen molar-refractivity contribution < 1.29 is 4.79 Å². The van der Waals surface area contributed by atoms with Crippen LogP contribution in [0.5, 0.6) is 0 Å². The molecule has 1 amide bonds. The first-order chi connectivity index (χ1) is 7.04. The first-order valence-electron chi connectivity index (χ1n) is 4.26. The van der Waals surface area contributed by atoms with Crippen molar-refractivity contribution >= 4 is 40.1 Å². The first-order valence-corrected chi connectivity index (χ1v) is 5.72. The van der Waals surface area contributed by atoms with Gasteiger partial charge >= 0.3 is 0 Å². The van der Waals surface area contributed by atoms with Crippen molar-refractivity contribution in [3.05, 3.63) is 32.4 Å². The molecule has 0 heterocycles. The molecule has 4 heteroatoms. The Labute approximate surface area is 108 Å². The third-order valence-electron chi connectivity index (χ3n) is 1.78. The molecule has 0 aromatic heterocycles. The monoisotopic (exact) mass is 333 g/mol. The number of benzene rings is 1. The quantitative estimate of drug-likeness (QED) is 0.654. The van der Waals surface area contributed by atoms with Crippen molar-refractivity contribution in [2.45, 2.75) is 13.0 Å². The highest BCUT2D eigenvalue weighted by atomic mass is 127. The molecular weight excluding hydrogens is 324 g/mol. The molecule has 0 saturated heterocycles. The average molecular weight is 334 g/mol. The van der Waals surface area contributed by atoms with Gasteiger partial charge in [0.05, 0.1) is 11.1 Å². The molecule has 1 N–H and O–H groups in total. The molecule has 0 saturated carbocycles. The van der Waals surface area contributed by atoms with Crippen LogP contribution >= 0.6 is 34.2 Å². The maximum Gasteiger partial charge on any atom is 0.252 e. The maximum atomic E-state index is 11.6. The van der Waals surface area contributed by atoms with Gasteiger partial charge in [-0.3, -0.25) is 4.79 Å². The van der Waals surface area contributed by atoms with Gasteiger partial charge in [0.25, 0.3) is 5.91 Å². The predicted molar refractivity (Wildman–Crippen MR) is 69.9 cm³/mol. The van der Waals surface area contributed by atoms with Crippen molar-refractivity contribution in [3.8, 4) is 12.3 Å². The van der Waals surface area contributed by atoms with Crippen LogP contribution in [-0.4, -0.2) is 11.9 Å². The highest BCUT2D eigenvalue weighted by Crippen LogP contribution is 2.19. The van der Waals surface area contributed by atoms with E-state index in [2.05, 4.69) is 33.8 Å². The van der Waals surface area contributed by atoms with E-state index in [1.807, 2.05) is 0 Å². The number of hydrogen-bond acceptors (Lipinski definition) is 1. The third kappa shape index (κ3) is 3.40. The Kier molecular flexibility index (Phi) is 4.43. The molecule has 0 radical (unpaired) electrons. The summed E-state index contributed by atoms with van der Waals surface area (Å²) in [6.07, 6.45) is 5.16. The highest BCUT2D eigenvalue weighted by molar-refractivity contribution is 14.1. The molecular formula is C11H9ClINO. The molecule has 1 unspecified atom stereocenters. The van der Waals surface area contributed by atoms with E-state index in [1.165, 1.54) is 0 Å². The van der Waals surface area contributed by atoms with Crippen LogP contribution in [-0.2, 0) is 0 Å². The third-order valence-corrected chi connectivity index (χ3v) is 3.35. The van der Waals surface area contributed by atoms with Gasteiger partial charge in [-0.25, -0.2) is 0 Å². The SMILES string of the molecule is C#CC(C)NC(=O)c1ccc(I)c(Cl)c1. The van der Waals surface area contributed by atoms with Crippen LogP contribution in [0.1, 0.15) is 17.3 Å². The van der Waals surface area contributed by atoms with E-state index in [1.54, 1.807) is 25.1 Å². The number of halogens is 2. The minimum atomic E-state index is -0.282. The smallest absolute Gasteiger partial charge is 0.252 e. The summed E-state index contributed by atoms with van der Waals surface area (Å²) in [7, 11) is 0. The zero-order valence-electron chi connectivity index (χ0n) is 8.05. The van der Waals surface area contributed by atoms with Gasteiger partial charge in [0.1, 0.15) is 0 Å². The van der Waals surface area contributed by atoms with Crippen molar-refractivity contribution in [1.82, 2.24) is 5.32 Å². The summed E-state index contributed by atoms with van der Waals surface area (Å²) in [6, 6.07) is 4.85. The average Bonchev–Trinajstić information content (AvgIpc) is 2.21. The van der Waals surface area contributed by atoms with Crippen LogP contribution in [0, 0.1) is 15.9 Å². The molecule has 0 aliphatic rings. The molecule has 0 aliphatic carbocycles. The van der Waals surface area contributed by atoms with Crippen LogP contribution in [0.2, 0.25) is 5.02 Å². The molecule has 2 nitrogen and oxygen atoms in total. The van der Waals surface area contributed by atoms with Gasteiger partial charge in [-0.1, -0.05) is 17.5 Å². The van der Waals surface area contributed by atoms with E-state index in [0.717, 1.165) is 3.57 Å². The van der Waals surface area contributed by atoms with Crippen molar-refractivity contribution in [2.75, 3.05) is 0 Å². The number of terminal acetylenes is 1. The lowest BCUT2D eigenvalue weighted by atomic mass is 10.2. The number of hydrogen-bond donors (Lipinski definition) is 1. The van der Waals surface area contributed by atoms with Gasteiger partial charge in [-0.2, -0.15) is 0 Å². The van der Waals surface area contributed by atoms with E-state index in [-0.39, 0.29) is 11.9 Å². The minimum Gasteiger partial charge on any atom is -0.339 e. The summed E-state index contributed by atoms with van der Waals surface area (Å²) >= 11 is 8.00. The van der Waals surface area contributed by atoms with Gasteiger partial charge < -0.3 is 5.32 Å². The largest absolute Gasteiger partial charge is 0.339 e.